The second-order valence-electron chi connectivity index (χ2n) is 8.04. The van der Waals surface area contributed by atoms with E-state index in [0.29, 0.717) is 11.4 Å². The average molecular weight is 473 g/mol. The minimum Gasteiger partial charge on any atom is -0.481 e. The first-order valence-electron chi connectivity index (χ1n) is 10.2. The lowest BCUT2D eigenvalue weighted by Crippen LogP contribution is -2.44. The van der Waals surface area contributed by atoms with Crippen LogP contribution in [0, 0.1) is 5.41 Å². The molecule has 0 spiro atoms. The topological polar surface area (TPSA) is 122 Å². The third-order valence-electron chi connectivity index (χ3n) is 5.41. The Hall–Kier alpha value is -3.36. The summed E-state index contributed by atoms with van der Waals surface area (Å²) in [5.41, 5.74) is 1.39. The summed E-state index contributed by atoms with van der Waals surface area (Å²) >= 11 is 6.08. The Labute approximate surface area is 196 Å². The minimum absolute atomic E-state index is 0.00584. The summed E-state index contributed by atoms with van der Waals surface area (Å²) in [6.07, 6.45) is 0.349. The number of hydrogen-bond donors (Lipinski definition) is 3. The molecule has 2 atom stereocenters. The number of aliphatic hydroxyl groups is 1. The van der Waals surface area contributed by atoms with E-state index < -0.39 is 29.9 Å². The first-order chi connectivity index (χ1) is 15.7. The summed E-state index contributed by atoms with van der Waals surface area (Å²) in [6, 6.07) is 15.9. The van der Waals surface area contributed by atoms with Crippen LogP contribution in [0.3, 0.4) is 0 Å². The number of nitrogens with one attached hydrogen (secondary N) is 1. The van der Waals surface area contributed by atoms with Crippen molar-refractivity contribution in [3.63, 3.8) is 0 Å². The maximum Gasteiger partial charge on any atom is 0.311 e. The van der Waals surface area contributed by atoms with Crippen molar-refractivity contribution in [2.75, 3.05) is 13.7 Å². The van der Waals surface area contributed by atoms with Gasteiger partial charge in [0.25, 0.3) is 11.8 Å². The molecule has 3 aromatic rings. The first kappa shape index (κ1) is 24.3. The van der Waals surface area contributed by atoms with Gasteiger partial charge in [0.05, 0.1) is 25.2 Å². The molecule has 0 radical (unpaired) electrons. The molecule has 1 aromatic heterocycles. The highest BCUT2D eigenvalue weighted by Gasteiger charge is 2.36. The molecule has 1 heterocycles. The van der Waals surface area contributed by atoms with E-state index in [1.165, 1.54) is 20.1 Å². The smallest absolute Gasteiger partial charge is 0.311 e. The van der Waals surface area contributed by atoms with Crippen molar-refractivity contribution in [3.05, 3.63) is 70.9 Å². The lowest BCUT2D eigenvalue weighted by Gasteiger charge is -2.28. The minimum atomic E-state index is -1.43. The summed E-state index contributed by atoms with van der Waals surface area (Å²) in [4.78, 5) is 24.4. The lowest BCUT2D eigenvalue weighted by molar-refractivity contribution is -0.151. The van der Waals surface area contributed by atoms with Gasteiger partial charge in [-0.2, -0.15) is 0 Å². The van der Waals surface area contributed by atoms with Crippen molar-refractivity contribution in [3.8, 4) is 17.0 Å². The molecule has 3 N–H and O–H groups in total. The van der Waals surface area contributed by atoms with Crippen LogP contribution in [0.5, 0.6) is 5.88 Å². The highest BCUT2D eigenvalue weighted by atomic mass is 35.5. The number of amides is 1. The normalized spacial score (nSPS) is 13.7. The quantitative estimate of drug-likeness (QED) is 0.410. The molecule has 0 aliphatic heterocycles. The first-order valence-corrected chi connectivity index (χ1v) is 10.6. The number of methoxy groups -OCH3 is 1. The van der Waals surface area contributed by atoms with Crippen molar-refractivity contribution in [2.24, 2.45) is 5.41 Å². The summed E-state index contributed by atoms with van der Waals surface area (Å²) in [7, 11) is 1.40. The zero-order valence-electron chi connectivity index (χ0n) is 18.2. The second-order valence-corrected chi connectivity index (χ2v) is 8.48. The monoisotopic (exact) mass is 472 g/mol. The van der Waals surface area contributed by atoms with E-state index >= 15 is 0 Å². The number of carbonyl (C=O) groups is 2. The third kappa shape index (κ3) is 6.12. The Bertz CT molecular complexity index is 1110. The SMILES string of the molecule is COc1cc(C(=O)NC(Cc2ccc(-c3cccc(Cl)c3)cc2)CC(C)(CO)C(=O)O)on1. The van der Waals surface area contributed by atoms with Gasteiger partial charge in [0.1, 0.15) is 0 Å². The van der Waals surface area contributed by atoms with Gasteiger partial charge in [0.2, 0.25) is 5.76 Å². The number of halogens is 1. The van der Waals surface area contributed by atoms with E-state index in [0.717, 1.165) is 16.7 Å². The van der Waals surface area contributed by atoms with Gasteiger partial charge < -0.3 is 24.8 Å². The van der Waals surface area contributed by atoms with Crippen LogP contribution >= 0.6 is 11.6 Å². The number of rotatable bonds is 10. The molecule has 1 amide bonds. The van der Waals surface area contributed by atoms with E-state index in [9.17, 15) is 19.8 Å². The fraction of sp³-hybridized carbons (Fsp3) is 0.292. The van der Waals surface area contributed by atoms with E-state index in [2.05, 4.69) is 10.5 Å². The summed E-state index contributed by atoms with van der Waals surface area (Å²) < 4.78 is 9.91. The number of carboxylic acids is 1. The summed E-state index contributed by atoms with van der Waals surface area (Å²) in [5.74, 6) is -1.62. The predicted octanol–water partition coefficient (Wildman–Crippen LogP) is 3.82. The van der Waals surface area contributed by atoms with Crippen LogP contribution in [-0.2, 0) is 11.2 Å². The lowest BCUT2D eigenvalue weighted by atomic mass is 9.82. The molecule has 3 rings (SSSR count). The number of nitrogens with zero attached hydrogens (tertiary/aromatic N) is 1. The number of aliphatic hydroxyl groups excluding tert-OH is 1. The zero-order chi connectivity index (χ0) is 24.0. The van der Waals surface area contributed by atoms with Gasteiger partial charge in [-0.25, -0.2) is 0 Å². The van der Waals surface area contributed by atoms with Crippen LogP contribution in [0.2, 0.25) is 5.02 Å². The number of carboxylic acid groups (broad SMARTS) is 1. The molecular formula is C24H25ClN2O6. The van der Waals surface area contributed by atoms with E-state index in [1.807, 2.05) is 42.5 Å². The highest BCUT2D eigenvalue weighted by molar-refractivity contribution is 6.30. The Kier molecular flexibility index (Phi) is 7.73. The van der Waals surface area contributed by atoms with Gasteiger partial charge in [0.15, 0.2) is 0 Å². The number of ether oxygens (including phenoxy) is 1. The Morgan fingerprint density at radius 1 is 1.18 bits per heavy atom. The molecule has 9 heteroatoms. The average Bonchev–Trinajstić information content (AvgIpc) is 3.29. The molecule has 2 unspecified atom stereocenters. The Morgan fingerprint density at radius 2 is 1.91 bits per heavy atom. The molecule has 0 bridgehead atoms. The van der Waals surface area contributed by atoms with Crippen LogP contribution in [0.25, 0.3) is 11.1 Å². The van der Waals surface area contributed by atoms with Gasteiger partial charge in [-0.1, -0.05) is 48.0 Å². The third-order valence-corrected chi connectivity index (χ3v) is 5.65. The van der Waals surface area contributed by atoms with Crippen LogP contribution in [-0.4, -0.2) is 47.0 Å². The number of benzene rings is 2. The molecule has 33 heavy (non-hydrogen) atoms. The standard InChI is InChI=1S/C24H25ClN2O6/c1-24(14-28,23(30)31)13-19(26-22(29)20-12-21(32-2)27-33-20)10-15-6-8-16(9-7-15)17-4-3-5-18(25)11-17/h3-9,11-12,19,28H,10,13-14H2,1-2H3,(H,26,29)(H,30,31). The molecule has 2 aromatic carbocycles. The van der Waals surface area contributed by atoms with Crippen molar-refractivity contribution >= 4 is 23.5 Å². The van der Waals surface area contributed by atoms with Gasteiger partial charge in [-0.15, -0.1) is 0 Å². The van der Waals surface area contributed by atoms with Gasteiger partial charge >= 0.3 is 5.97 Å². The predicted molar refractivity (Wildman–Crippen MR) is 122 cm³/mol. The van der Waals surface area contributed by atoms with E-state index in [-0.39, 0.29) is 18.1 Å². The maximum atomic E-state index is 12.7. The maximum absolute atomic E-state index is 12.7. The molecule has 0 aliphatic carbocycles. The van der Waals surface area contributed by atoms with Crippen molar-refractivity contribution in [1.29, 1.82) is 0 Å². The fourth-order valence-corrected chi connectivity index (χ4v) is 3.63. The van der Waals surface area contributed by atoms with Crippen molar-refractivity contribution < 1.29 is 29.1 Å². The van der Waals surface area contributed by atoms with E-state index in [4.69, 9.17) is 20.9 Å². The summed E-state index contributed by atoms with van der Waals surface area (Å²) in [6.45, 7) is 0.868. The number of carbonyl (C=O) groups excluding carboxylic acids is 1. The molecule has 174 valence electrons. The largest absolute Gasteiger partial charge is 0.481 e. The van der Waals surface area contributed by atoms with Gasteiger partial charge in [0, 0.05) is 11.1 Å². The molecule has 0 fully saturated rings. The highest BCUT2D eigenvalue weighted by Crippen LogP contribution is 2.27. The molecular weight excluding hydrogens is 448 g/mol. The van der Waals surface area contributed by atoms with Gasteiger partial charge in [-0.05, 0) is 53.7 Å². The zero-order valence-corrected chi connectivity index (χ0v) is 19.0. The van der Waals surface area contributed by atoms with Crippen LogP contribution in [0.4, 0.5) is 0 Å². The fourth-order valence-electron chi connectivity index (χ4n) is 3.44. The van der Waals surface area contributed by atoms with Crippen molar-refractivity contribution in [2.45, 2.75) is 25.8 Å². The van der Waals surface area contributed by atoms with Crippen LogP contribution < -0.4 is 10.1 Å². The number of aliphatic carboxylic acids is 1. The van der Waals surface area contributed by atoms with Crippen molar-refractivity contribution in [1.82, 2.24) is 10.5 Å². The molecule has 8 nitrogen and oxygen atoms in total. The van der Waals surface area contributed by atoms with Crippen LogP contribution in [0.1, 0.15) is 29.5 Å². The van der Waals surface area contributed by atoms with Crippen LogP contribution in [0.15, 0.2) is 59.1 Å². The summed E-state index contributed by atoms with van der Waals surface area (Å²) in [5, 5.41) is 26.3. The Balaban J connectivity index is 1.80. The van der Waals surface area contributed by atoms with Gasteiger partial charge in [-0.3, -0.25) is 9.59 Å². The number of aromatic nitrogens is 1. The number of hydrogen-bond acceptors (Lipinski definition) is 6. The molecule has 0 saturated carbocycles. The second kappa shape index (κ2) is 10.5. The molecule has 0 saturated heterocycles. The molecule has 0 aliphatic rings. The van der Waals surface area contributed by atoms with E-state index in [1.54, 1.807) is 6.07 Å². The Morgan fingerprint density at radius 3 is 2.48 bits per heavy atom.